The molecule has 3 aliphatic heterocycles. The molecule has 4 atom stereocenters. The van der Waals surface area contributed by atoms with Crippen molar-refractivity contribution in [2.24, 2.45) is 5.92 Å². The van der Waals surface area contributed by atoms with E-state index in [1.165, 1.54) is 0 Å². The average molecular weight is 299 g/mol. The van der Waals surface area contributed by atoms with Gasteiger partial charge in [-0.05, 0) is 32.6 Å². The van der Waals surface area contributed by atoms with Gasteiger partial charge in [-0.3, -0.25) is 4.90 Å². The van der Waals surface area contributed by atoms with Gasteiger partial charge in [0.2, 0.25) is 0 Å². The lowest BCUT2D eigenvalue weighted by molar-refractivity contribution is -0.154. The summed E-state index contributed by atoms with van der Waals surface area (Å²) in [4.78, 5) is 2.39. The van der Waals surface area contributed by atoms with Crippen molar-refractivity contribution in [1.29, 1.82) is 0 Å². The molecule has 5 heteroatoms. The molecule has 0 aromatic rings. The number of hydrogen-bond donors (Lipinski definition) is 1. The Bertz CT molecular complexity index is 343. The first-order valence-electron chi connectivity index (χ1n) is 8.35. The zero-order valence-electron chi connectivity index (χ0n) is 13.3. The van der Waals surface area contributed by atoms with Crippen LogP contribution < -0.4 is 0 Å². The summed E-state index contributed by atoms with van der Waals surface area (Å²) in [5.41, 5.74) is -0.143. The second-order valence-electron chi connectivity index (χ2n) is 7.08. The molecule has 3 fully saturated rings. The lowest BCUT2D eigenvalue weighted by atomic mass is 9.80. The Labute approximate surface area is 127 Å². The van der Waals surface area contributed by atoms with Crippen molar-refractivity contribution in [3.63, 3.8) is 0 Å². The first kappa shape index (κ1) is 15.7. The first-order chi connectivity index (χ1) is 10.1. The van der Waals surface area contributed by atoms with Crippen molar-refractivity contribution < 1.29 is 19.3 Å². The standard InChI is InChI=1S/C16H29NO4/c1-12(2)17-5-8-20-14(10-17)15(18)13-3-6-21-16(9-13)4-7-19-11-16/h12-15,18H,3-11H2,1-2H3. The van der Waals surface area contributed by atoms with Crippen LogP contribution in [0.25, 0.3) is 0 Å². The molecule has 3 rings (SSSR count). The lowest BCUT2D eigenvalue weighted by Gasteiger charge is -2.43. The van der Waals surface area contributed by atoms with Crippen molar-refractivity contribution in [2.45, 2.75) is 57.0 Å². The largest absolute Gasteiger partial charge is 0.390 e. The molecule has 0 bridgehead atoms. The van der Waals surface area contributed by atoms with Gasteiger partial charge < -0.3 is 19.3 Å². The Kier molecular flexibility index (Phi) is 4.86. The zero-order chi connectivity index (χ0) is 14.9. The third-order valence-electron chi connectivity index (χ3n) is 5.32. The molecule has 3 aliphatic rings. The Balaban J connectivity index is 1.60. The van der Waals surface area contributed by atoms with E-state index in [2.05, 4.69) is 18.7 Å². The van der Waals surface area contributed by atoms with Gasteiger partial charge in [0.1, 0.15) is 0 Å². The van der Waals surface area contributed by atoms with Crippen LogP contribution in [0.2, 0.25) is 0 Å². The molecule has 0 aromatic carbocycles. The Morgan fingerprint density at radius 3 is 2.81 bits per heavy atom. The van der Waals surface area contributed by atoms with E-state index in [-0.39, 0.29) is 17.6 Å². The minimum absolute atomic E-state index is 0.0661. The minimum atomic E-state index is -0.395. The maximum atomic E-state index is 10.8. The summed E-state index contributed by atoms with van der Waals surface area (Å²) >= 11 is 0. The van der Waals surface area contributed by atoms with Gasteiger partial charge in [-0.2, -0.15) is 0 Å². The van der Waals surface area contributed by atoms with E-state index in [9.17, 15) is 5.11 Å². The molecule has 0 amide bonds. The molecule has 0 saturated carbocycles. The highest BCUT2D eigenvalue weighted by molar-refractivity contribution is 4.94. The van der Waals surface area contributed by atoms with Crippen molar-refractivity contribution in [3.05, 3.63) is 0 Å². The first-order valence-corrected chi connectivity index (χ1v) is 8.35. The molecule has 3 heterocycles. The van der Waals surface area contributed by atoms with Crippen LogP contribution in [0.3, 0.4) is 0 Å². The number of hydrogen-bond acceptors (Lipinski definition) is 5. The fraction of sp³-hybridized carbons (Fsp3) is 1.00. The number of nitrogens with zero attached hydrogens (tertiary/aromatic N) is 1. The quantitative estimate of drug-likeness (QED) is 0.844. The highest BCUT2D eigenvalue weighted by atomic mass is 16.6. The van der Waals surface area contributed by atoms with Crippen LogP contribution >= 0.6 is 0 Å². The van der Waals surface area contributed by atoms with E-state index in [1.54, 1.807) is 0 Å². The fourth-order valence-corrected chi connectivity index (χ4v) is 3.90. The molecule has 0 aromatic heterocycles. The van der Waals surface area contributed by atoms with Crippen molar-refractivity contribution in [2.75, 3.05) is 39.5 Å². The van der Waals surface area contributed by atoms with E-state index >= 15 is 0 Å². The predicted octanol–water partition coefficient (Wildman–Crippen LogP) is 1.04. The van der Waals surface area contributed by atoms with Crippen LogP contribution in [0.15, 0.2) is 0 Å². The smallest absolute Gasteiger partial charge is 0.0963 e. The van der Waals surface area contributed by atoms with Crippen LogP contribution in [0.4, 0.5) is 0 Å². The van der Waals surface area contributed by atoms with E-state index in [1.807, 2.05) is 0 Å². The molecule has 21 heavy (non-hydrogen) atoms. The van der Waals surface area contributed by atoms with Gasteiger partial charge in [-0.25, -0.2) is 0 Å². The number of rotatable bonds is 3. The van der Waals surface area contributed by atoms with E-state index in [0.29, 0.717) is 12.6 Å². The van der Waals surface area contributed by atoms with Crippen LogP contribution in [-0.4, -0.2) is 73.4 Å². The molecular weight excluding hydrogens is 270 g/mol. The maximum absolute atomic E-state index is 10.8. The summed E-state index contributed by atoms with van der Waals surface area (Å²) in [5.74, 6) is 0.262. The zero-order valence-corrected chi connectivity index (χ0v) is 13.3. The number of ether oxygens (including phenoxy) is 3. The average Bonchev–Trinajstić information content (AvgIpc) is 2.94. The minimum Gasteiger partial charge on any atom is -0.390 e. The van der Waals surface area contributed by atoms with Crippen LogP contribution in [0.5, 0.6) is 0 Å². The third-order valence-corrected chi connectivity index (χ3v) is 5.32. The third kappa shape index (κ3) is 3.42. The SMILES string of the molecule is CC(C)N1CCOC(C(O)C2CCOC3(CCOC3)C2)C1. The monoisotopic (exact) mass is 299 g/mol. The molecule has 3 saturated heterocycles. The second kappa shape index (κ2) is 6.50. The van der Waals surface area contributed by atoms with Gasteiger partial charge in [0.05, 0.1) is 31.0 Å². The topological polar surface area (TPSA) is 51.2 Å². The fourth-order valence-electron chi connectivity index (χ4n) is 3.90. The van der Waals surface area contributed by atoms with E-state index in [0.717, 1.165) is 52.2 Å². The van der Waals surface area contributed by atoms with Crippen LogP contribution in [0, 0.1) is 5.92 Å². The summed E-state index contributed by atoms with van der Waals surface area (Å²) in [7, 11) is 0. The molecule has 1 N–H and O–H groups in total. The number of aliphatic hydroxyl groups is 1. The van der Waals surface area contributed by atoms with Crippen LogP contribution in [0.1, 0.15) is 33.1 Å². The molecule has 0 aliphatic carbocycles. The Morgan fingerprint density at radius 2 is 2.10 bits per heavy atom. The van der Waals surface area contributed by atoms with Gasteiger partial charge >= 0.3 is 0 Å². The summed E-state index contributed by atoms with van der Waals surface area (Å²) in [6.07, 6.45) is 2.32. The summed E-state index contributed by atoms with van der Waals surface area (Å²) < 4.78 is 17.3. The Hall–Kier alpha value is -0.200. The maximum Gasteiger partial charge on any atom is 0.0963 e. The van der Waals surface area contributed by atoms with Gasteiger partial charge in [0, 0.05) is 38.8 Å². The summed E-state index contributed by atoms with van der Waals surface area (Å²) in [5, 5.41) is 10.8. The Morgan fingerprint density at radius 1 is 1.24 bits per heavy atom. The van der Waals surface area contributed by atoms with Gasteiger partial charge in [0.25, 0.3) is 0 Å². The summed E-state index contributed by atoms with van der Waals surface area (Å²) in [6.45, 7) is 9.11. The van der Waals surface area contributed by atoms with Gasteiger partial charge in [0.15, 0.2) is 0 Å². The van der Waals surface area contributed by atoms with Gasteiger partial charge in [-0.1, -0.05) is 0 Å². The molecule has 5 nitrogen and oxygen atoms in total. The normalized spacial score (nSPS) is 40.0. The molecule has 122 valence electrons. The molecule has 0 radical (unpaired) electrons. The molecule has 4 unspecified atom stereocenters. The van der Waals surface area contributed by atoms with E-state index in [4.69, 9.17) is 14.2 Å². The van der Waals surface area contributed by atoms with Crippen LogP contribution in [-0.2, 0) is 14.2 Å². The highest BCUT2D eigenvalue weighted by Gasteiger charge is 2.44. The van der Waals surface area contributed by atoms with Crippen molar-refractivity contribution >= 4 is 0 Å². The van der Waals surface area contributed by atoms with Crippen molar-refractivity contribution in [1.82, 2.24) is 4.90 Å². The lowest BCUT2D eigenvalue weighted by Crippen LogP contribution is -2.54. The molecule has 1 spiro atoms. The number of aliphatic hydroxyl groups excluding tert-OH is 1. The second-order valence-corrected chi connectivity index (χ2v) is 7.08. The predicted molar refractivity (Wildman–Crippen MR) is 79.3 cm³/mol. The van der Waals surface area contributed by atoms with Gasteiger partial charge in [-0.15, -0.1) is 0 Å². The summed E-state index contributed by atoms with van der Waals surface area (Å²) in [6, 6.07) is 0.507. The van der Waals surface area contributed by atoms with Crippen molar-refractivity contribution in [3.8, 4) is 0 Å². The van der Waals surface area contributed by atoms with E-state index < -0.39 is 6.10 Å². The molecular formula is C16H29NO4. The highest BCUT2D eigenvalue weighted by Crippen LogP contribution is 2.38. The number of morpholine rings is 1.